The van der Waals surface area contributed by atoms with Crippen LogP contribution in [0.1, 0.15) is 45.4 Å². The van der Waals surface area contributed by atoms with Crippen molar-refractivity contribution in [3.63, 3.8) is 0 Å². The topological polar surface area (TPSA) is 25.2 Å². The molecule has 9 aromatic carbocycles. The molecule has 3 aliphatic rings. The second-order valence-electron chi connectivity index (χ2n) is 17.1. The first-order valence-corrected chi connectivity index (χ1v) is 22.2. The van der Waals surface area contributed by atoms with Crippen LogP contribution in [0.15, 0.2) is 236 Å². The van der Waals surface area contributed by atoms with Gasteiger partial charge in [-0.3, -0.25) is 4.99 Å². The van der Waals surface area contributed by atoms with Gasteiger partial charge in [-0.15, -0.1) is 0 Å². The highest BCUT2D eigenvalue weighted by atomic mass is 14.8. The summed E-state index contributed by atoms with van der Waals surface area (Å²) < 4.78 is 0. The minimum atomic E-state index is -0.412. The molecule has 13 rings (SSSR count). The maximum absolute atomic E-state index is 5.45. The van der Waals surface area contributed by atoms with Gasteiger partial charge in [-0.2, -0.15) is 0 Å². The van der Waals surface area contributed by atoms with Gasteiger partial charge in [0.2, 0.25) is 0 Å². The molecule has 0 radical (unpaired) electrons. The van der Waals surface area contributed by atoms with Crippen molar-refractivity contribution in [3.05, 3.63) is 269 Å². The van der Waals surface area contributed by atoms with Crippen molar-refractivity contribution >= 4 is 38.7 Å². The van der Waals surface area contributed by atoms with E-state index in [2.05, 4.69) is 231 Å². The van der Waals surface area contributed by atoms with E-state index in [1.807, 2.05) is 0 Å². The Balaban J connectivity index is 0.952. The minimum Gasteiger partial charge on any atom is -0.252 e. The standard InChI is InChI=1S/C62H40N2/c1-3-15-40(16-4-1)42-27-29-44(30-28-42)58-39-46(41-17-5-2-6-18-41)35-38-56(63-58)43-31-33-45(34-32-43)61-51-36-37-55-60(59(51)50-22-10-14-26-57(50)64-61)49-21-9-13-25-54(49)62(55)52-23-11-7-19-47(52)48-20-8-12-24-53(48)62/h1-37,39H,38H2. The summed E-state index contributed by atoms with van der Waals surface area (Å²) in [6, 6.07) is 79.5. The molecule has 0 unspecified atom stereocenters. The van der Waals surface area contributed by atoms with Gasteiger partial charge in [-0.1, -0.05) is 218 Å². The molecule has 2 nitrogen and oxygen atoms in total. The van der Waals surface area contributed by atoms with Crippen LogP contribution in [0.4, 0.5) is 0 Å². The number of fused-ring (bicyclic) bond motifs is 14. The molecule has 0 atom stereocenters. The molecule has 1 aromatic heterocycles. The van der Waals surface area contributed by atoms with Crippen LogP contribution in [-0.4, -0.2) is 10.7 Å². The Hall–Kier alpha value is -8.20. The largest absolute Gasteiger partial charge is 0.252 e. The fraction of sp³-hybridized carbons (Fsp3) is 0.0323. The third-order valence-corrected chi connectivity index (χ3v) is 13.8. The van der Waals surface area contributed by atoms with Crippen LogP contribution in [0, 0.1) is 0 Å². The highest BCUT2D eigenvalue weighted by Gasteiger charge is 2.52. The summed E-state index contributed by atoms with van der Waals surface area (Å²) in [6.07, 6.45) is 5.27. The number of benzene rings is 9. The third-order valence-electron chi connectivity index (χ3n) is 13.8. The Labute approximate surface area is 372 Å². The maximum Gasteiger partial charge on any atom is 0.0788 e. The molecule has 0 bridgehead atoms. The van der Waals surface area contributed by atoms with Crippen LogP contribution >= 0.6 is 0 Å². The predicted octanol–water partition coefficient (Wildman–Crippen LogP) is 15.4. The lowest BCUT2D eigenvalue weighted by atomic mass is 9.70. The fourth-order valence-corrected chi connectivity index (χ4v) is 10.9. The van der Waals surface area contributed by atoms with Crippen LogP contribution in [0.3, 0.4) is 0 Å². The van der Waals surface area contributed by atoms with E-state index >= 15 is 0 Å². The molecule has 0 N–H and O–H groups in total. The number of para-hydroxylation sites is 1. The van der Waals surface area contributed by atoms with Crippen LogP contribution in [0.2, 0.25) is 0 Å². The van der Waals surface area contributed by atoms with Gasteiger partial charge >= 0.3 is 0 Å². The number of pyridine rings is 1. The number of aromatic nitrogens is 1. The Morgan fingerprint density at radius 1 is 0.375 bits per heavy atom. The van der Waals surface area contributed by atoms with Crippen molar-refractivity contribution in [2.24, 2.45) is 4.99 Å². The smallest absolute Gasteiger partial charge is 0.0788 e. The van der Waals surface area contributed by atoms with Gasteiger partial charge in [0.1, 0.15) is 0 Å². The third kappa shape index (κ3) is 5.46. The van der Waals surface area contributed by atoms with E-state index in [0.29, 0.717) is 6.42 Å². The number of hydrogen-bond donors (Lipinski definition) is 0. The van der Waals surface area contributed by atoms with Gasteiger partial charge < -0.3 is 0 Å². The first-order valence-electron chi connectivity index (χ1n) is 22.2. The second kappa shape index (κ2) is 14.4. The monoisotopic (exact) mass is 812 g/mol. The van der Waals surface area contributed by atoms with Crippen molar-refractivity contribution in [1.29, 1.82) is 0 Å². The molecule has 2 aliphatic carbocycles. The molecule has 2 heteroatoms. The van der Waals surface area contributed by atoms with Gasteiger partial charge in [-0.05, 0) is 84.5 Å². The molecule has 0 saturated heterocycles. The van der Waals surface area contributed by atoms with Crippen LogP contribution in [0.5, 0.6) is 0 Å². The SMILES string of the molecule is C1=C(c2ccccc2)C=C(c2ccc(-c3ccccc3)cc2)N=C(c2ccc(-c3nc4ccccc4c4c5c(ccc34)C3(c4ccccc4-c4ccccc43)c3ccccc3-5)cc2)C1. The number of hydrogen-bond acceptors (Lipinski definition) is 2. The predicted molar refractivity (Wildman–Crippen MR) is 266 cm³/mol. The minimum absolute atomic E-state index is 0.412. The number of allylic oxidation sites excluding steroid dienone is 3. The summed E-state index contributed by atoms with van der Waals surface area (Å²) in [5.41, 5.74) is 22.2. The van der Waals surface area contributed by atoms with E-state index in [9.17, 15) is 0 Å². The molecule has 1 aliphatic heterocycles. The lowest BCUT2D eigenvalue weighted by Crippen LogP contribution is -2.25. The molecule has 2 heterocycles. The lowest BCUT2D eigenvalue weighted by molar-refractivity contribution is 0.794. The number of nitrogens with zero attached hydrogens (tertiary/aromatic N) is 2. The van der Waals surface area contributed by atoms with Crippen molar-refractivity contribution in [3.8, 4) is 44.6 Å². The van der Waals surface area contributed by atoms with E-state index < -0.39 is 5.41 Å². The van der Waals surface area contributed by atoms with E-state index in [1.54, 1.807) is 0 Å². The summed E-state index contributed by atoms with van der Waals surface area (Å²) in [5.74, 6) is 0. The summed E-state index contributed by atoms with van der Waals surface area (Å²) in [4.78, 5) is 10.9. The van der Waals surface area contributed by atoms with Gasteiger partial charge in [0.25, 0.3) is 0 Å². The molecule has 1 spiro atoms. The van der Waals surface area contributed by atoms with E-state index in [4.69, 9.17) is 9.98 Å². The molecule has 0 fully saturated rings. The normalized spacial score (nSPS) is 14.3. The van der Waals surface area contributed by atoms with Crippen molar-refractivity contribution in [2.75, 3.05) is 0 Å². The number of aliphatic imine (C=N–C) groups is 1. The zero-order valence-electron chi connectivity index (χ0n) is 35.0. The highest BCUT2D eigenvalue weighted by molar-refractivity contribution is 6.20. The Kier molecular flexibility index (Phi) is 8.23. The van der Waals surface area contributed by atoms with Crippen molar-refractivity contribution in [1.82, 2.24) is 4.98 Å². The Morgan fingerprint density at radius 3 is 1.61 bits per heavy atom. The van der Waals surface area contributed by atoms with E-state index in [-0.39, 0.29) is 0 Å². The Bertz CT molecular complexity index is 3550. The second-order valence-corrected chi connectivity index (χ2v) is 17.1. The van der Waals surface area contributed by atoms with Gasteiger partial charge in [-0.25, -0.2) is 4.98 Å². The van der Waals surface area contributed by atoms with E-state index in [1.165, 1.54) is 77.5 Å². The summed E-state index contributed by atoms with van der Waals surface area (Å²) in [6.45, 7) is 0. The fourth-order valence-electron chi connectivity index (χ4n) is 10.9. The van der Waals surface area contributed by atoms with Gasteiger partial charge in [0.15, 0.2) is 0 Å². The molecule has 0 saturated carbocycles. The van der Waals surface area contributed by atoms with Crippen molar-refractivity contribution < 1.29 is 0 Å². The highest BCUT2D eigenvalue weighted by Crippen LogP contribution is 2.64. The van der Waals surface area contributed by atoms with Crippen LogP contribution < -0.4 is 0 Å². The first kappa shape index (κ1) is 36.5. The van der Waals surface area contributed by atoms with Crippen LogP contribution in [-0.2, 0) is 5.41 Å². The van der Waals surface area contributed by atoms with Gasteiger partial charge in [0, 0.05) is 33.7 Å². The average Bonchev–Trinajstić information content (AvgIpc) is 3.72. The molecule has 10 aromatic rings. The molecule has 0 amide bonds. The first-order chi connectivity index (χ1) is 31.7. The molecular formula is C62H40N2. The molecular weight excluding hydrogens is 773 g/mol. The summed E-state index contributed by atoms with van der Waals surface area (Å²) in [5, 5.41) is 3.59. The van der Waals surface area contributed by atoms with Gasteiger partial charge in [0.05, 0.1) is 28.0 Å². The van der Waals surface area contributed by atoms with Crippen molar-refractivity contribution in [2.45, 2.75) is 11.8 Å². The zero-order chi connectivity index (χ0) is 42.2. The quantitative estimate of drug-likeness (QED) is 0.159. The Morgan fingerprint density at radius 2 is 0.906 bits per heavy atom. The zero-order valence-corrected chi connectivity index (χ0v) is 35.0. The summed E-state index contributed by atoms with van der Waals surface area (Å²) >= 11 is 0. The lowest BCUT2D eigenvalue weighted by Gasteiger charge is -2.30. The van der Waals surface area contributed by atoms with E-state index in [0.717, 1.165) is 44.7 Å². The molecule has 64 heavy (non-hydrogen) atoms. The average molecular weight is 813 g/mol. The maximum atomic E-state index is 5.45. The number of rotatable bonds is 5. The van der Waals surface area contributed by atoms with Crippen LogP contribution in [0.25, 0.3) is 77.6 Å². The summed E-state index contributed by atoms with van der Waals surface area (Å²) in [7, 11) is 0. The molecule has 298 valence electrons.